The first-order chi connectivity index (χ1) is 8.88. The second-order valence-electron chi connectivity index (χ2n) is 5.39. The van der Waals surface area contributed by atoms with Crippen molar-refractivity contribution in [2.24, 2.45) is 0 Å². The van der Waals surface area contributed by atoms with Gasteiger partial charge in [0.2, 0.25) is 0 Å². The first kappa shape index (κ1) is 15.7. The number of hydrogen-bond acceptors (Lipinski definition) is 2. The number of rotatable bonds is 10. The van der Waals surface area contributed by atoms with Gasteiger partial charge in [0.25, 0.3) is 0 Å². The van der Waals surface area contributed by atoms with Gasteiger partial charge in [-0.05, 0) is 51.5 Å². The Kier molecular flexibility index (Phi) is 9.23. The summed E-state index contributed by atoms with van der Waals surface area (Å²) in [6, 6.07) is 0.578. The molecule has 106 valence electrons. The van der Waals surface area contributed by atoms with Gasteiger partial charge in [0.15, 0.2) is 0 Å². The number of unbranched alkanes of at least 4 members (excludes halogenated alkanes) is 3. The minimum atomic E-state index is 0.463. The van der Waals surface area contributed by atoms with E-state index in [1.807, 2.05) is 6.08 Å². The third-order valence-corrected chi connectivity index (χ3v) is 3.74. The van der Waals surface area contributed by atoms with E-state index in [0.717, 1.165) is 19.6 Å². The summed E-state index contributed by atoms with van der Waals surface area (Å²) in [5, 5.41) is 3.68. The lowest BCUT2D eigenvalue weighted by atomic mass is 9.97. The van der Waals surface area contributed by atoms with Crippen molar-refractivity contribution < 1.29 is 4.74 Å². The predicted molar refractivity (Wildman–Crippen MR) is 79.0 cm³/mol. The lowest BCUT2D eigenvalue weighted by Gasteiger charge is -2.31. The Balaban J connectivity index is 2.22. The van der Waals surface area contributed by atoms with Crippen LogP contribution in [0.3, 0.4) is 0 Å². The molecule has 1 heterocycles. The van der Waals surface area contributed by atoms with Crippen molar-refractivity contribution in [2.75, 3.05) is 13.2 Å². The highest BCUT2D eigenvalue weighted by Crippen LogP contribution is 2.19. The van der Waals surface area contributed by atoms with E-state index >= 15 is 0 Å². The average Bonchev–Trinajstić information content (AvgIpc) is 2.43. The van der Waals surface area contributed by atoms with Crippen molar-refractivity contribution in [1.29, 1.82) is 0 Å². The highest BCUT2D eigenvalue weighted by Gasteiger charge is 2.23. The molecule has 2 nitrogen and oxygen atoms in total. The van der Waals surface area contributed by atoms with Gasteiger partial charge in [-0.25, -0.2) is 0 Å². The molecule has 2 atom stereocenters. The fourth-order valence-electron chi connectivity index (χ4n) is 2.66. The molecule has 2 unspecified atom stereocenters. The number of ether oxygens (including phenoxy) is 1. The minimum absolute atomic E-state index is 0.463. The van der Waals surface area contributed by atoms with Gasteiger partial charge in [-0.1, -0.05) is 25.8 Å². The summed E-state index contributed by atoms with van der Waals surface area (Å²) < 4.78 is 5.94. The Hall–Kier alpha value is -0.340. The molecule has 1 aliphatic rings. The molecule has 0 aromatic heterocycles. The molecule has 1 aliphatic heterocycles. The Morgan fingerprint density at radius 1 is 1.33 bits per heavy atom. The zero-order valence-electron chi connectivity index (χ0n) is 12.1. The van der Waals surface area contributed by atoms with Gasteiger partial charge in [-0.2, -0.15) is 0 Å². The normalized spacial score (nSPS) is 21.7. The Morgan fingerprint density at radius 2 is 2.22 bits per heavy atom. The van der Waals surface area contributed by atoms with E-state index in [9.17, 15) is 0 Å². The molecule has 1 rings (SSSR count). The molecular weight excluding hydrogens is 222 g/mol. The molecule has 0 saturated carbocycles. The van der Waals surface area contributed by atoms with Crippen LogP contribution < -0.4 is 5.32 Å². The monoisotopic (exact) mass is 253 g/mol. The van der Waals surface area contributed by atoms with Gasteiger partial charge < -0.3 is 10.1 Å². The number of allylic oxidation sites excluding steroid dienone is 1. The molecule has 18 heavy (non-hydrogen) atoms. The molecule has 1 saturated heterocycles. The molecule has 0 amide bonds. The summed E-state index contributed by atoms with van der Waals surface area (Å²) in [5.41, 5.74) is 0. The van der Waals surface area contributed by atoms with Crippen LogP contribution in [0.15, 0.2) is 12.7 Å². The zero-order valence-corrected chi connectivity index (χ0v) is 12.1. The largest absolute Gasteiger partial charge is 0.377 e. The van der Waals surface area contributed by atoms with Crippen LogP contribution in [0.5, 0.6) is 0 Å². The molecule has 0 spiro atoms. The Morgan fingerprint density at radius 3 is 2.89 bits per heavy atom. The Labute approximate surface area is 113 Å². The van der Waals surface area contributed by atoms with Crippen molar-refractivity contribution in [3.05, 3.63) is 12.7 Å². The smallest absolute Gasteiger partial charge is 0.0728 e. The van der Waals surface area contributed by atoms with E-state index in [1.54, 1.807) is 0 Å². The predicted octanol–water partition coefficient (Wildman–Crippen LogP) is 4.06. The molecule has 0 radical (unpaired) electrons. The SMILES string of the molecule is C=CCCCCCC(NCCC)C1CCCCO1. The highest BCUT2D eigenvalue weighted by molar-refractivity contribution is 4.79. The summed E-state index contributed by atoms with van der Waals surface area (Å²) in [6.07, 6.45) is 13.9. The minimum Gasteiger partial charge on any atom is -0.377 e. The van der Waals surface area contributed by atoms with Crippen molar-refractivity contribution in [1.82, 2.24) is 5.32 Å². The first-order valence-electron chi connectivity index (χ1n) is 7.84. The summed E-state index contributed by atoms with van der Waals surface area (Å²) in [7, 11) is 0. The van der Waals surface area contributed by atoms with Crippen molar-refractivity contribution in [3.8, 4) is 0 Å². The van der Waals surface area contributed by atoms with Gasteiger partial charge in [-0.3, -0.25) is 0 Å². The summed E-state index contributed by atoms with van der Waals surface area (Å²) >= 11 is 0. The topological polar surface area (TPSA) is 21.3 Å². The van der Waals surface area contributed by atoms with Crippen molar-refractivity contribution in [2.45, 2.75) is 76.9 Å². The summed E-state index contributed by atoms with van der Waals surface area (Å²) in [4.78, 5) is 0. The zero-order chi connectivity index (χ0) is 13.1. The lowest BCUT2D eigenvalue weighted by molar-refractivity contribution is -0.00970. The molecule has 1 N–H and O–H groups in total. The van der Waals surface area contributed by atoms with E-state index in [2.05, 4.69) is 18.8 Å². The first-order valence-corrected chi connectivity index (χ1v) is 7.84. The van der Waals surface area contributed by atoms with E-state index < -0.39 is 0 Å². The maximum absolute atomic E-state index is 5.94. The van der Waals surface area contributed by atoms with Gasteiger partial charge >= 0.3 is 0 Å². The van der Waals surface area contributed by atoms with Crippen LogP contribution in [0.25, 0.3) is 0 Å². The second kappa shape index (κ2) is 10.6. The quantitative estimate of drug-likeness (QED) is 0.468. The maximum Gasteiger partial charge on any atom is 0.0728 e. The van der Waals surface area contributed by atoms with Crippen LogP contribution in [0.4, 0.5) is 0 Å². The number of nitrogens with one attached hydrogen (secondary N) is 1. The van der Waals surface area contributed by atoms with E-state index in [1.165, 1.54) is 51.4 Å². The third-order valence-electron chi connectivity index (χ3n) is 3.74. The second-order valence-corrected chi connectivity index (χ2v) is 5.39. The van der Waals surface area contributed by atoms with Crippen LogP contribution in [-0.4, -0.2) is 25.3 Å². The molecule has 0 aliphatic carbocycles. The average molecular weight is 253 g/mol. The summed E-state index contributed by atoms with van der Waals surface area (Å²) in [5.74, 6) is 0. The Bertz CT molecular complexity index is 199. The van der Waals surface area contributed by atoms with E-state index in [4.69, 9.17) is 4.74 Å². The molecule has 0 bridgehead atoms. The van der Waals surface area contributed by atoms with Crippen molar-refractivity contribution in [3.63, 3.8) is 0 Å². The van der Waals surface area contributed by atoms with Crippen LogP contribution in [0.2, 0.25) is 0 Å². The van der Waals surface area contributed by atoms with Gasteiger partial charge in [0.05, 0.1) is 6.10 Å². The fraction of sp³-hybridized carbons (Fsp3) is 0.875. The summed E-state index contributed by atoms with van der Waals surface area (Å²) in [6.45, 7) is 8.09. The van der Waals surface area contributed by atoms with Crippen LogP contribution in [0.1, 0.15) is 64.7 Å². The fourth-order valence-corrected chi connectivity index (χ4v) is 2.66. The van der Waals surface area contributed by atoms with Gasteiger partial charge in [0, 0.05) is 12.6 Å². The van der Waals surface area contributed by atoms with Crippen LogP contribution in [-0.2, 0) is 4.74 Å². The molecule has 1 fully saturated rings. The van der Waals surface area contributed by atoms with Crippen molar-refractivity contribution >= 4 is 0 Å². The molecular formula is C16H31NO. The van der Waals surface area contributed by atoms with E-state index in [0.29, 0.717) is 12.1 Å². The molecule has 0 aromatic carbocycles. The highest BCUT2D eigenvalue weighted by atomic mass is 16.5. The van der Waals surface area contributed by atoms with Gasteiger partial charge in [-0.15, -0.1) is 6.58 Å². The third kappa shape index (κ3) is 6.55. The van der Waals surface area contributed by atoms with Crippen LogP contribution in [0, 0.1) is 0 Å². The molecule has 0 aromatic rings. The maximum atomic E-state index is 5.94. The standard InChI is InChI=1S/C16H31NO/c1-3-5-6-7-8-11-15(17-13-4-2)16-12-9-10-14-18-16/h3,15-17H,1,4-14H2,2H3. The van der Waals surface area contributed by atoms with Crippen LogP contribution >= 0.6 is 0 Å². The van der Waals surface area contributed by atoms with Gasteiger partial charge in [0.1, 0.15) is 0 Å². The molecule has 2 heteroatoms. The number of hydrogen-bond donors (Lipinski definition) is 1. The lowest BCUT2D eigenvalue weighted by Crippen LogP contribution is -2.43. The van der Waals surface area contributed by atoms with E-state index in [-0.39, 0.29) is 0 Å².